The maximum Gasteiger partial charge on any atom is 0.524 e. The second-order valence-corrected chi connectivity index (χ2v) is 12.9. The van der Waals surface area contributed by atoms with E-state index in [2.05, 4.69) is 25.1 Å². The van der Waals surface area contributed by atoms with Crippen molar-refractivity contribution in [1.29, 1.82) is 0 Å². The number of carbonyl (C=O) groups excluding carboxylic acids is 4. The van der Waals surface area contributed by atoms with Crippen molar-refractivity contribution in [1.82, 2.24) is 15.2 Å². The number of benzene rings is 2. The van der Waals surface area contributed by atoms with Crippen molar-refractivity contribution in [3.63, 3.8) is 0 Å². The van der Waals surface area contributed by atoms with Crippen LogP contribution >= 0.6 is 7.82 Å². The van der Waals surface area contributed by atoms with Crippen LogP contribution in [0.5, 0.6) is 5.75 Å². The molecule has 2 aromatic carbocycles. The molecular formula is C33H41N6O10P. The van der Waals surface area contributed by atoms with Gasteiger partial charge in [-0.2, -0.15) is 0 Å². The second kappa shape index (κ2) is 16.6. The summed E-state index contributed by atoms with van der Waals surface area (Å²) in [5, 5.41) is 6.23. The van der Waals surface area contributed by atoms with Crippen molar-refractivity contribution in [2.45, 2.75) is 65.6 Å². The van der Waals surface area contributed by atoms with Gasteiger partial charge in [0, 0.05) is 30.0 Å². The number of ether oxygens (including phenoxy) is 2. The number of esters is 1. The van der Waals surface area contributed by atoms with Crippen LogP contribution in [0.3, 0.4) is 0 Å². The van der Waals surface area contributed by atoms with Gasteiger partial charge in [-0.15, -0.1) is 0 Å². The fraction of sp³-hybridized carbons (Fsp3) is 0.364. The first-order valence-electron chi connectivity index (χ1n) is 15.8. The van der Waals surface area contributed by atoms with Gasteiger partial charge in [0.15, 0.2) is 5.84 Å². The Morgan fingerprint density at radius 3 is 2.42 bits per heavy atom. The number of hydrogen-bond acceptors (Lipinski definition) is 10. The van der Waals surface area contributed by atoms with E-state index < -0.39 is 38.8 Å². The van der Waals surface area contributed by atoms with Crippen LogP contribution < -0.4 is 20.9 Å². The molecule has 0 aliphatic heterocycles. The summed E-state index contributed by atoms with van der Waals surface area (Å²) >= 11 is 0. The molecule has 0 spiro atoms. The summed E-state index contributed by atoms with van der Waals surface area (Å²) in [6, 6.07) is 10.9. The first kappa shape index (κ1) is 37.8. The zero-order valence-corrected chi connectivity index (χ0v) is 29.0. The summed E-state index contributed by atoms with van der Waals surface area (Å²) in [6.07, 6.45) is 1.91. The van der Waals surface area contributed by atoms with Gasteiger partial charge in [-0.25, -0.2) is 19.3 Å². The molecule has 1 heterocycles. The molecule has 1 aliphatic rings. The summed E-state index contributed by atoms with van der Waals surface area (Å²) in [5.74, 6) is -1.35. The Kier molecular flexibility index (Phi) is 12.5. The first-order chi connectivity index (χ1) is 23.6. The largest absolute Gasteiger partial charge is 0.524 e. The van der Waals surface area contributed by atoms with Gasteiger partial charge in [0.05, 0.1) is 23.8 Å². The molecule has 0 bridgehead atoms. The molecular weight excluding hydrogens is 671 g/mol. The minimum Gasteiger partial charge on any atom is -0.428 e. The number of nitrogens with one attached hydrogen (secondary N) is 3. The Morgan fingerprint density at radius 1 is 1.10 bits per heavy atom. The van der Waals surface area contributed by atoms with Crippen molar-refractivity contribution in [2.24, 2.45) is 10.7 Å². The Hall–Kier alpha value is -5.02. The SMILES string of the molecule is CCCN(C(=O)OCOC(=O)Cc1ccc(OP(=O)(O)O)cc1)C(=O)c1c[nH]c(/C(=N\C(C)N)Nc2cc(C(=O)NC3CC3)ccc2C)c1C. The normalized spacial score (nSPS) is 13.6. The van der Waals surface area contributed by atoms with E-state index in [0.717, 1.165) is 23.3 Å². The van der Waals surface area contributed by atoms with E-state index in [4.69, 9.17) is 25.0 Å². The predicted octanol–water partition coefficient (Wildman–Crippen LogP) is 3.89. The van der Waals surface area contributed by atoms with Crippen LogP contribution in [0.4, 0.5) is 10.5 Å². The van der Waals surface area contributed by atoms with Gasteiger partial charge < -0.3 is 35.3 Å². The molecule has 0 radical (unpaired) electrons. The number of amides is 3. The molecule has 3 aromatic rings. The molecule has 7 N–H and O–H groups in total. The third-order valence-electron chi connectivity index (χ3n) is 7.42. The molecule has 268 valence electrons. The van der Waals surface area contributed by atoms with Crippen LogP contribution in [0.1, 0.15) is 76.2 Å². The molecule has 50 heavy (non-hydrogen) atoms. The van der Waals surface area contributed by atoms with Crippen molar-refractivity contribution >= 4 is 43.2 Å². The highest BCUT2D eigenvalue weighted by Crippen LogP contribution is 2.37. The van der Waals surface area contributed by atoms with E-state index in [1.54, 1.807) is 32.9 Å². The number of nitrogens with two attached hydrogens (primary N) is 1. The van der Waals surface area contributed by atoms with Crippen LogP contribution in [0.15, 0.2) is 53.7 Å². The molecule has 1 aliphatic carbocycles. The zero-order valence-electron chi connectivity index (χ0n) is 28.1. The number of carbonyl (C=O) groups is 4. The number of aryl methyl sites for hydroxylation is 1. The first-order valence-corrected chi connectivity index (χ1v) is 17.4. The van der Waals surface area contributed by atoms with Crippen molar-refractivity contribution in [2.75, 3.05) is 18.7 Å². The van der Waals surface area contributed by atoms with E-state index in [1.807, 2.05) is 13.0 Å². The van der Waals surface area contributed by atoms with E-state index in [0.29, 0.717) is 40.3 Å². The summed E-state index contributed by atoms with van der Waals surface area (Å²) in [4.78, 5) is 77.9. The highest BCUT2D eigenvalue weighted by atomic mass is 31.2. The highest BCUT2D eigenvalue weighted by Gasteiger charge is 2.28. The van der Waals surface area contributed by atoms with Crippen LogP contribution in [-0.4, -0.2) is 74.9 Å². The number of amidine groups is 1. The van der Waals surface area contributed by atoms with Crippen molar-refractivity contribution in [3.05, 3.63) is 82.2 Å². The number of aliphatic imine (C=N–C) groups is 1. The molecule has 4 rings (SSSR count). The van der Waals surface area contributed by atoms with Crippen LogP contribution in [0, 0.1) is 13.8 Å². The quantitative estimate of drug-likeness (QED) is 0.0459. The number of phosphoric acid groups is 1. The average molecular weight is 713 g/mol. The Labute approximate surface area is 288 Å². The number of rotatable bonds is 14. The van der Waals surface area contributed by atoms with E-state index in [9.17, 15) is 23.7 Å². The summed E-state index contributed by atoms with van der Waals surface area (Å²) in [5.41, 5.74) is 9.50. The minimum absolute atomic E-state index is 0.0164. The second-order valence-electron chi connectivity index (χ2n) is 11.7. The van der Waals surface area contributed by atoms with Gasteiger partial charge in [0.1, 0.15) is 5.75 Å². The standard InChI is InChI=1S/C33H41N6O10P/c1-5-14-39(33(43)48-18-47-28(40)15-22-7-12-25(13-8-22)49-50(44,45)46)32(42)26-17-35-29(20(26)3)30(36-21(4)34)38-27-16-23(9-6-19(27)2)31(41)37-24-10-11-24/h6-9,12-13,16-17,21,24,35H,5,10-11,14-15,18,34H2,1-4H3,(H,36,38)(H,37,41)(H2,44,45,46). The van der Waals surface area contributed by atoms with Gasteiger partial charge in [-0.1, -0.05) is 25.1 Å². The average Bonchev–Trinajstić information content (AvgIpc) is 3.77. The Morgan fingerprint density at radius 2 is 1.80 bits per heavy atom. The fourth-order valence-electron chi connectivity index (χ4n) is 4.74. The van der Waals surface area contributed by atoms with Gasteiger partial charge in [-0.3, -0.25) is 24.2 Å². The van der Waals surface area contributed by atoms with Crippen molar-refractivity contribution < 1.29 is 47.5 Å². The number of H-pyrrole nitrogens is 1. The lowest BCUT2D eigenvalue weighted by molar-refractivity contribution is -0.151. The predicted molar refractivity (Wildman–Crippen MR) is 183 cm³/mol. The highest BCUT2D eigenvalue weighted by molar-refractivity contribution is 7.46. The third kappa shape index (κ3) is 10.7. The molecule has 1 saturated carbocycles. The number of imide groups is 1. The maximum atomic E-state index is 13.6. The van der Waals surface area contributed by atoms with E-state index >= 15 is 0 Å². The number of anilines is 1. The number of hydrogen-bond donors (Lipinski definition) is 6. The minimum atomic E-state index is -4.72. The lowest BCUT2D eigenvalue weighted by Gasteiger charge is -2.20. The van der Waals surface area contributed by atoms with Crippen LogP contribution in [-0.2, 0) is 25.3 Å². The molecule has 1 aromatic heterocycles. The molecule has 1 atom stereocenters. The summed E-state index contributed by atoms with van der Waals surface area (Å²) in [6.45, 7) is 6.28. The molecule has 0 saturated heterocycles. The Balaban J connectivity index is 1.41. The zero-order chi connectivity index (χ0) is 36.6. The van der Waals surface area contributed by atoms with Gasteiger partial charge in [-0.05, 0) is 81.0 Å². The lowest BCUT2D eigenvalue weighted by Crippen LogP contribution is -2.38. The molecule has 1 fully saturated rings. The smallest absolute Gasteiger partial charge is 0.428 e. The van der Waals surface area contributed by atoms with Crippen LogP contribution in [0.25, 0.3) is 0 Å². The summed E-state index contributed by atoms with van der Waals surface area (Å²) < 4.78 is 25.5. The molecule has 1 unspecified atom stereocenters. The summed E-state index contributed by atoms with van der Waals surface area (Å²) in [7, 11) is -4.72. The van der Waals surface area contributed by atoms with E-state index in [-0.39, 0.29) is 36.2 Å². The monoisotopic (exact) mass is 712 g/mol. The molecule has 17 heteroatoms. The van der Waals surface area contributed by atoms with Gasteiger partial charge in [0.2, 0.25) is 6.79 Å². The number of aromatic nitrogens is 1. The van der Waals surface area contributed by atoms with Gasteiger partial charge >= 0.3 is 19.9 Å². The van der Waals surface area contributed by atoms with E-state index in [1.165, 1.54) is 30.5 Å². The number of nitrogens with zero attached hydrogens (tertiary/aromatic N) is 2. The molecule has 3 amide bonds. The lowest BCUT2D eigenvalue weighted by atomic mass is 10.1. The van der Waals surface area contributed by atoms with Crippen molar-refractivity contribution in [3.8, 4) is 5.75 Å². The number of aromatic amines is 1. The fourth-order valence-corrected chi connectivity index (χ4v) is 5.14. The third-order valence-corrected chi connectivity index (χ3v) is 7.87. The van der Waals surface area contributed by atoms with Gasteiger partial charge in [0.25, 0.3) is 11.8 Å². The Bertz CT molecular complexity index is 1800. The maximum absolute atomic E-state index is 13.6. The number of phosphoric ester groups is 1. The van der Waals surface area contributed by atoms with Crippen LogP contribution in [0.2, 0.25) is 0 Å². The molecule has 16 nitrogen and oxygen atoms in total. The topological polar surface area (TPSA) is 235 Å².